The quantitative estimate of drug-likeness (QED) is 0.624. The van der Waals surface area contributed by atoms with Crippen molar-refractivity contribution in [2.45, 2.75) is 45.6 Å². The normalized spacial score (nSPS) is 16.8. The Labute approximate surface area is 197 Å². The van der Waals surface area contributed by atoms with Crippen LogP contribution in [0.15, 0.2) is 54.6 Å². The molecular formula is C27H37N3O3. The molecule has 178 valence electrons. The number of piperidine rings is 1. The number of ether oxygens (including phenoxy) is 1. The van der Waals surface area contributed by atoms with Gasteiger partial charge in [0.15, 0.2) is 0 Å². The smallest absolute Gasteiger partial charge is 0.410 e. The number of rotatable bonds is 7. The Kier molecular flexibility index (Phi) is 8.50. The van der Waals surface area contributed by atoms with Crippen molar-refractivity contribution >= 4 is 17.7 Å². The third kappa shape index (κ3) is 7.90. The molecule has 33 heavy (non-hydrogen) atoms. The first-order valence-electron chi connectivity index (χ1n) is 11.8. The summed E-state index contributed by atoms with van der Waals surface area (Å²) >= 11 is 0. The third-order valence-corrected chi connectivity index (χ3v) is 5.78. The Balaban J connectivity index is 1.49. The van der Waals surface area contributed by atoms with Crippen LogP contribution in [0.25, 0.3) is 11.1 Å². The second-order valence-corrected chi connectivity index (χ2v) is 9.88. The van der Waals surface area contributed by atoms with Gasteiger partial charge in [-0.1, -0.05) is 48.5 Å². The fourth-order valence-electron chi connectivity index (χ4n) is 4.24. The molecule has 0 bridgehead atoms. The molecule has 2 aromatic carbocycles. The van der Waals surface area contributed by atoms with Gasteiger partial charge in [-0.05, 0) is 57.7 Å². The van der Waals surface area contributed by atoms with E-state index >= 15 is 0 Å². The van der Waals surface area contributed by atoms with Crippen molar-refractivity contribution in [2.24, 2.45) is 5.92 Å². The van der Waals surface area contributed by atoms with E-state index in [9.17, 15) is 9.59 Å². The number of anilines is 1. The van der Waals surface area contributed by atoms with Gasteiger partial charge >= 0.3 is 6.09 Å². The molecule has 2 amide bonds. The van der Waals surface area contributed by atoms with Crippen molar-refractivity contribution in [3.63, 3.8) is 0 Å². The molecule has 1 N–H and O–H groups in total. The zero-order chi connectivity index (χ0) is 23.8. The van der Waals surface area contributed by atoms with Gasteiger partial charge in [0.25, 0.3) is 0 Å². The number of likely N-dealkylation sites (tertiary alicyclic amines) is 1. The predicted molar refractivity (Wildman–Crippen MR) is 133 cm³/mol. The van der Waals surface area contributed by atoms with Crippen LogP contribution >= 0.6 is 0 Å². The lowest BCUT2D eigenvalue weighted by molar-refractivity contribution is -0.116. The average molecular weight is 452 g/mol. The summed E-state index contributed by atoms with van der Waals surface area (Å²) in [4.78, 5) is 29.0. The number of amides is 2. The van der Waals surface area contributed by atoms with E-state index in [1.807, 2.05) is 75.4 Å². The minimum absolute atomic E-state index is 0.0198. The third-order valence-electron chi connectivity index (χ3n) is 5.78. The van der Waals surface area contributed by atoms with Gasteiger partial charge in [-0.15, -0.1) is 0 Å². The van der Waals surface area contributed by atoms with E-state index in [0.29, 0.717) is 25.4 Å². The molecule has 0 aromatic heterocycles. The van der Waals surface area contributed by atoms with Crippen molar-refractivity contribution in [3.05, 3.63) is 54.6 Å². The highest BCUT2D eigenvalue weighted by Crippen LogP contribution is 2.27. The minimum atomic E-state index is -0.490. The minimum Gasteiger partial charge on any atom is -0.444 e. The molecule has 1 unspecified atom stereocenters. The number of nitrogens with one attached hydrogen (secondary N) is 1. The van der Waals surface area contributed by atoms with Crippen LogP contribution in [0.3, 0.4) is 0 Å². The molecule has 2 aromatic rings. The molecule has 1 atom stereocenters. The summed E-state index contributed by atoms with van der Waals surface area (Å²) in [6.07, 6.45) is 2.32. The summed E-state index contributed by atoms with van der Waals surface area (Å²) in [7, 11) is 1.80. The second-order valence-electron chi connectivity index (χ2n) is 9.88. The van der Waals surface area contributed by atoms with Gasteiger partial charge in [-0.3, -0.25) is 4.79 Å². The standard InChI is InChI=1S/C27H37N3O3/c1-27(2,3)33-26(32)29(4)19-21-11-10-17-30(20-21)18-16-25(31)28-24-15-9-8-14-23(24)22-12-6-5-7-13-22/h5-9,12-15,21H,10-11,16-20H2,1-4H3,(H,28,31). The molecule has 0 saturated carbocycles. The van der Waals surface area contributed by atoms with Gasteiger partial charge in [0.2, 0.25) is 5.91 Å². The molecule has 6 heteroatoms. The van der Waals surface area contributed by atoms with Gasteiger partial charge in [0, 0.05) is 44.4 Å². The van der Waals surface area contributed by atoms with Crippen molar-refractivity contribution in [1.82, 2.24) is 9.80 Å². The largest absolute Gasteiger partial charge is 0.444 e. The van der Waals surface area contributed by atoms with Crippen LogP contribution in [0, 0.1) is 5.92 Å². The molecule has 0 spiro atoms. The van der Waals surface area contributed by atoms with E-state index in [2.05, 4.69) is 10.2 Å². The second kappa shape index (κ2) is 11.3. The molecule has 6 nitrogen and oxygen atoms in total. The number of carbonyl (C=O) groups excluding carboxylic acids is 2. The average Bonchev–Trinajstić information content (AvgIpc) is 2.78. The first-order chi connectivity index (χ1) is 15.7. The molecule has 0 aliphatic carbocycles. The van der Waals surface area contributed by atoms with Gasteiger partial charge < -0.3 is 19.9 Å². The van der Waals surface area contributed by atoms with Crippen LogP contribution in [0.1, 0.15) is 40.0 Å². The van der Waals surface area contributed by atoms with Gasteiger partial charge in [-0.25, -0.2) is 4.79 Å². The van der Waals surface area contributed by atoms with E-state index in [1.54, 1.807) is 11.9 Å². The zero-order valence-corrected chi connectivity index (χ0v) is 20.3. The highest BCUT2D eigenvalue weighted by atomic mass is 16.6. The Morgan fingerprint density at radius 1 is 1.09 bits per heavy atom. The van der Waals surface area contributed by atoms with Crippen LogP contribution < -0.4 is 5.32 Å². The Hall–Kier alpha value is -2.86. The van der Waals surface area contributed by atoms with Crippen LogP contribution in [0.4, 0.5) is 10.5 Å². The lowest BCUT2D eigenvalue weighted by atomic mass is 9.97. The van der Waals surface area contributed by atoms with Crippen molar-refractivity contribution in [1.29, 1.82) is 0 Å². The monoisotopic (exact) mass is 451 g/mol. The van der Waals surface area contributed by atoms with E-state index < -0.39 is 5.60 Å². The van der Waals surface area contributed by atoms with E-state index in [1.165, 1.54) is 0 Å². The van der Waals surface area contributed by atoms with Gasteiger partial charge in [-0.2, -0.15) is 0 Å². The molecule has 1 aliphatic heterocycles. The van der Waals surface area contributed by atoms with Crippen LogP contribution in [0.2, 0.25) is 0 Å². The maximum absolute atomic E-state index is 12.7. The fourth-order valence-corrected chi connectivity index (χ4v) is 4.24. The molecule has 1 aliphatic rings. The topological polar surface area (TPSA) is 61.9 Å². The zero-order valence-electron chi connectivity index (χ0n) is 20.3. The number of carbonyl (C=O) groups is 2. The number of hydrogen-bond acceptors (Lipinski definition) is 4. The molecule has 3 rings (SSSR count). The first-order valence-corrected chi connectivity index (χ1v) is 11.8. The number of para-hydroxylation sites is 1. The lowest BCUT2D eigenvalue weighted by Crippen LogP contribution is -2.43. The maximum Gasteiger partial charge on any atom is 0.410 e. The van der Waals surface area contributed by atoms with Crippen molar-refractivity contribution < 1.29 is 14.3 Å². The summed E-state index contributed by atoms with van der Waals surface area (Å²) in [5.74, 6) is 0.407. The van der Waals surface area contributed by atoms with E-state index in [4.69, 9.17) is 4.74 Å². The van der Waals surface area contributed by atoms with Crippen molar-refractivity contribution in [2.75, 3.05) is 38.5 Å². The number of hydrogen-bond donors (Lipinski definition) is 1. The van der Waals surface area contributed by atoms with Crippen LogP contribution in [-0.2, 0) is 9.53 Å². The van der Waals surface area contributed by atoms with Gasteiger partial charge in [0.05, 0.1) is 0 Å². The summed E-state index contributed by atoms with van der Waals surface area (Å²) in [5.41, 5.74) is 2.46. The van der Waals surface area contributed by atoms with Crippen LogP contribution in [0.5, 0.6) is 0 Å². The SMILES string of the molecule is CN(CC1CCCN(CCC(=O)Nc2ccccc2-c2ccccc2)C1)C(=O)OC(C)(C)C. The molecule has 1 heterocycles. The Morgan fingerprint density at radius 2 is 1.79 bits per heavy atom. The summed E-state index contributed by atoms with van der Waals surface area (Å²) < 4.78 is 5.47. The maximum atomic E-state index is 12.7. The predicted octanol–water partition coefficient (Wildman–Crippen LogP) is 5.26. The molecule has 1 fully saturated rings. The van der Waals surface area contributed by atoms with Crippen molar-refractivity contribution in [3.8, 4) is 11.1 Å². The number of benzene rings is 2. The summed E-state index contributed by atoms with van der Waals surface area (Å²) in [6.45, 7) is 8.90. The Bertz CT molecular complexity index is 924. The highest BCUT2D eigenvalue weighted by molar-refractivity contribution is 5.95. The Morgan fingerprint density at radius 3 is 2.52 bits per heavy atom. The highest BCUT2D eigenvalue weighted by Gasteiger charge is 2.25. The van der Waals surface area contributed by atoms with E-state index in [0.717, 1.165) is 42.7 Å². The lowest BCUT2D eigenvalue weighted by Gasteiger charge is -2.35. The fraction of sp³-hybridized carbons (Fsp3) is 0.481. The van der Waals surface area contributed by atoms with E-state index in [-0.39, 0.29) is 12.0 Å². The summed E-state index contributed by atoms with van der Waals surface area (Å²) in [5, 5.41) is 3.09. The first kappa shape index (κ1) is 24.8. The molecule has 1 saturated heterocycles. The van der Waals surface area contributed by atoms with Crippen LogP contribution in [-0.4, -0.2) is 60.6 Å². The summed E-state index contributed by atoms with van der Waals surface area (Å²) in [6, 6.07) is 18.0. The molecule has 0 radical (unpaired) electrons. The van der Waals surface area contributed by atoms with Gasteiger partial charge in [0.1, 0.15) is 5.60 Å². The molecular weight excluding hydrogens is 414 g/mol. The number of nitrogens with zero attached hydrogens (tertiary/aromatic N) is 2.